The summed E-state index contributed by atoms with van der Waals surface area (Å²) in [6.07, 6.45) is 0.368. The van der Waals surface area contributed by atoms with E-state index in [1.807, 2.05) is 0 Å². The molecule has 0 bridgehead atoms. The monoisotopic (exact) mass is 299 g/mol. The molecule has 20 heavy (non-hydrogen) atoms. The highest BCUT2D eigenvalue weighted by atomic mass is 31.2. The summed E-state index contributed by atoms with van der Waals surface area (Å²) in [6, 6.07) is 8.32. The Kier molecular flexibility index (Phi) is 6.58. The summed E-state index contributed by atoms with van der Waals surface area (Å²) in [5.74, 6) is -1.84. The first kappa shape index (κ1) is 16.6. The number of aldehydes is 1. The van der Waals surface area contributed by atoms with Gasteiger partial charge in [-0.15, -0.1) is 0 Å². The lowest BCUT2D eigenvalue weighted by Crippen LogP contribution is -2.37. The Balaban J connectivity index is 2.87. The summed E-state index contributed by atoms with van der Waals surface area (Å²) < 4.78 is 22.5. The van der Waals surface area contributed by atoms with Gasteiger partial charge in [0.25, 0.3) is 5.91 Å². The molecule has 0 unspecified atom stereocenters. The Morgan fingerprint density at radius 2 is 1.80 bits per heavy atom. The fraction of sp³-hybridized carbons (Fsp3) is 0.385. The Labute approximate surface area is 118 Å². The van der Waals surface area contributed by atoms with Crippen molar-refractivity contribution in [1.82, 2.24) is 5.32 Å². The molecule has 1 amide bonds. The summed E-state index contributed by atoms with van der Waals surface area (Å²) in [7, 11) is -3.70. The fourth-order valence-corrected chi connectivity index (χ4v) is 3.09. The van der Waals surface area contributed by atoms with Crippen molar-refractivity contribution in [3.8, 4) is 0 Å². The minimum Gasteiger partial charge on any atom is -0.332 e. The number of carbonyl (C=O) groups is 2. The van der Waals surface area contributed by atoms with E-state index in [0.29, 0.717) is 11.8 Å². The molecule has 0 aliphatic rings. The molecule has 7 heteroatoms. The number of carbonyl (C=O) groups excluding carboxylic acids is 2. The SMILES string of the molecule is CCOP(=O)(OCC)[C@@H](C=O)NC(=O)c1ccccc1. The van der Waals surface area contributed by atoms with Gasteiger partial charge in [0.1, 0.15) is 0 Å². The van der Waals surface area contributed by atoms with Gasteiger partial charge in [-0.3, -0.25) is 9.36 Å². The van der Waals surface area contributed by atoms with Crippen LogP contribution in [0.15, 0.2) is 30.3 Å². The molecule has 0 aromatic heterocycles. The van der Waals surface area contributed by atoms with E-state index in [1.54, 1.807) is 44.2 Å². The largest absolute Gasteiger partial charge is 0.360 e. The Bertz CT molecular complexity index is 481. The number of nitrogens with one attached hydrogen (secondary N) is 1. The molecule has 0 heterocycles. The zero-order valence-corrected chi connectivity index (χ0v) is 12.3. The maximum absolute atomic E-state index is 12.4. The normalized spacial score (nSPS) is 12.7. The van der Waals surface area contributed by atoms with Gasteiger partial charge in [0, 0.05) is 5.56 Å². The lowest BCUT2D eigenvalue weighted by molar-refractivity contribution is -0.108. The van der Waals surface area contributed by atoms with Gasteiger partial charge in [-0.2, -0.15) is 0 Å². The van der Waals surface area contributed by atoms with Gasteiger partial charge in [-0.25, -0.2) is 0 Å². The first-order chi connectivity index (χ1) is 9.57. The zero-order chi connectivity index (χ0) is 15.0. The maximum atomic E-state index is 12.4. The molecule has 0 fully saturated rings. The second-order valence-electron chi connectivity index (χ2n) is 3.80. The second kappa shape index (κ2) is 7.94. The molecule has 0 aliphatic heterocycles. The molecule has 0 radical (unpaired) electrons. The maximum Gasteiger partial charge on any atom is 0.360 e. The fourth-order valence-electron chi connectivity index (χ4n) is 1.55. The van der Waals surface area contributed by atoms with Crippen LogP contribution in [0, 0.1) is 0 Å². The van der Waals surface area contributed by atoms with Crippen LogP contribution in [0.3, 0.4) is 0 Å². The van der Waals surface area contributed by atoms with Gasteiger partial charge in [0.2, 0.25) is 0 Å². The highest BCUT2D eigenvalue weighted by molar-refractivity contribution is 7.55. The standard InChI is InChI=1S/C13H18NO5P/c1-3-18-20(17,19-4-2)12(10-15)14-13(16)11-8-6-5-7-9-11/h5-10,12H,3-4H2,1-2H3,(H,14,16)/t12-/m0/s1. The first-order valence-corrected chi connectivity index (χ1v) is 7.88. The van der Waals surface area contributed by atoms with Crippen molar-refractivity contribution >= 4 is 19.8 Å². The average Bonchev–Trinajstić information content (AvgIpc) is 2.45. The minimum atomic E-state index is -3.70. The van der Waals surface area contributed by atoms with Crippen LogP contribution in [0.2, 0.25) is 0 Å². The van der Waals surface area contributed by atoms with E-state index in [2.05, 4.69) is 5.32 Å². The molecule has 110 valence electrons. The van der Waals surface area contributed by atoms with E-state index in [4.69, 9.17) is 9.05 Å². The smallest absolute Gasteiger partial charge is 0.332 e. The highest BCUT2D eigenvalue weighted by Gasteiger charge is 2.36. The van der Waals surface area contributed by atoms with Crippen LogP contribution in [-0.4, -0.2) is 31.2 Å². The molecule has 1 rings (SSSR count). The summed E-state index contributed by atoms with van der Waals surface area (Å²) in [4.78, 5) is 23.1. The summed E-state index contributed by atoms with van der Waals surface area (Å²) in [6.45, 7) is 3.49. The van der Waals surface area contributed by atoms with E-state index < -0.39 is 19.3 Å². The third-order valence-corrected chi connectivity index (χ3v) is 4.57. The lowest BCUT2D eigenvalue weighted by Gasteiger charge is -2.23. The molecule has 0 aliphatic carbocycles. The Hall–Kier alpha value is -1.49. The van der Waals surface area contributed by atoms with E-state index in [9.17, 15) is 14.2 Å². The summed E-state index contributed by atoms with van der Waals surface area (Å²) >= 11 is 0. The van der Waals surface area contributed by atoms with Crippen LogP contribution < -0.4 is 5.32 Å². The summed E-state index contributed by atoms with van der Waals surface area (Å²) in [5.41, 5.74) is 0.360. The van der Waals surface area contributed by atoms with Crippen LogP contribution in [0.4, 0.5) is 0 Å². The van der Waals surface area contributed by atoms with Crippen molar-refractivity contribution in [2.45, 2.75) is 19.6 Å². The number of rotatable bonds is 8. The minimum absolute atomic E-state index is 0.114. The van der Waals surface area contributed by atoms with E-state index in [0.717, 1.165) is 0 Å². The van der Waals surface area contributed by atoms with Gasteiger partial charge in [0.15, 0.2) is 12.1 Å². The Morgan fingerprint density at radius 1 is 1.25 bits per heavy atom. The predicted octanol–water partition coefficient (Wildman–Crippen LogP) is 2.21. The van der Waals surface area contributed by atoms with Crippen molar-refractivity contribution < 1.29 is 23.2 Å². The molecule has 1 N–H and O–H groups in total. The van der Waals surface area contributed by atoms with Crippen LogP contribution in [-0.2, 0) is 18.4 Å². The topological polar surface area (TPSA) is 81.7 Å². The third-order valence-electron chi connectivity index (χ3n) is 2.40. The molecule has 0 saturated heterocycles. The van der Waals surface area contributed by atoms with Gasteiger partial charge in [-0.1, -0.05) is 18.2 Å². The molecular weight excluding hydrogens is 281 g/mol. The van der Waals surface area contributed by atoms with Crippen LogP contribution in [0.1, 0.15) is 24.2 Å². The molecule has 1 aromatic carbocycles. The molecular formula is C13H18NO5P. The van der Waals surface area contributed by atoms with Crippen molar-refractivity contribution in [3.05, 3.63) is 35.9 Å². The van der Waals surface area contributed by atoms with E-state index in [1.165, 1.54) is 0 Å². The molecule has 6 nitrogen and oxygen atoms in total. The highest BCUT2D eigenvalue weighted by Crippen LogP contribution is 2.51. The van der Waals surface area contributed by atoms with Crippen molar-refractivity contribution in [3.63, 3.8) is 0 Å². The van der Waals surface area contributed by atoms with Crippen molar-refractivity contribution in [2.75, 3.05) is 13.2 Å². The van der Waals surface area contributed by atoms with Crippen LogP contribution >= 0.6 is 7.60 Å². The first-order valence-electron chi connectivity index (χ1n) is 6.27. The van der Waals surface area contributed by atoms with Crippen molar-refractivity contribution in [2.24, 2.45) is 0 Å². The van der Waals surface area contributed by atoms with Gasteiger partial charge in [0.05, 0.1) is 13.2 Å². The van der Waals surface area contributed by atoms with E-state index in [-0.39, 0.29) is 13.2 Å². The zero-order valence-electron chi connectivity index (χ0n) is 11.4. The molecule has 1 aromatic rings. The van der Waals surface area contributed by atoms with Gasteiger partial charge < -0.3 is 19.2 Å². The van der Waals surface area contributed by atoms with Gasteiger partial charge in [-0.05, 0) is 26.0 Å². The number of amides is 1. The quantitative estimate of drug-likeness (QED) is 0.588. The van der Waals surface area contributed by atoms with Crippen molar-refractivity contribution in [1.29, 1.82) is 0 Å². The summed E-state index contributed by atoms with van der Waals surface area (Å²) in [5, 5.41) is 2.37. The molecule has 1 atom stereocenters. The van der Waals surface area contributed by atoms with Crippen LogP contribution in [0.25, 0.3) is 0 Å². The average molecular weight is 299 g/mol. The van der Waals surface area contributed by atoms with E-state index >= 15 is 0 Å². The third kappa shape index (κ3) is 4.27. The Morgan fingerprint density at radius 3 is 2.25 bits per heavy atom. The predicted molar refractivity (Wildman–Crippen MR) is 74.6 cm³/mol. The lowest BCUT2D eigenvalue weighted by atomic mass is 10.2. The van der Waals surface area contributed by atoms with Crippen LogP contribution in [0.5, 0.6) is 0 Å². The van der Waals surface area contributed by atoms with Gasteiger partial charge >= 0.3 is 7.60 Å². The number of benzene rings is 1. The molecule has 0 saturated carbocycles. The second-order valence-corrected chi connectivity index (χ2v) is 5.95. The number of hydrogen-bond acceptors (Lipinski definition) is 5. The molecule has 0 spiro atoms. The number of hydrogen-bond donors (Lipinski definition) is 1.